The maximum atomic E-state index is 13.4. The Hall–Kier alpha value is -3.70. The van der Waals surface area contributed by atoms with Gasteiger partial charge in [-0.3, -0.25) is 9.59 Å². The first-order valence-corrected chi connectivity index (χ1v) is 11.3. The van der Waals surface area contributed by atoms with Crippen LogP contribution in [0.25, 0.3) is 21.9 Å². The summed E-state index contributed by atoms with van der Waals surface area (Å²) in [6, 6.07) is 25.0. The lowest BCUT2D eigenvalue weighted by Crippen LogP contribution is -2.28. The molecule has 0 radical (unpaired) electrons. The van der Waals surface area contributed by atoms with Gasteiger partial charge in [-0.1, -0.05) is 74.5 Å². The summed E-state index contributed by atoms with van der Waals surface area (Å²) in [5.74, 6) is 0.109. The van der Waals surface area contributed by atoms with Gasteiger partial charge in [-0.25, -0.2) is 0 Å². The topological polar surface area (TPSA) is 77.1 Å². The Labute approximate surface area is 193 Å². The minimum Gasteiger partial charge on any atom is -0.348 e. The van der Waals surface area contributed by atoms with E-state index in [9.17, 15) is 9.59 Å². The first kappa shape index (κ1) is 22.5. The van der Waals surface area contributed by atoms with Crippen molar-refractivity contribution in [3.63, 3.8) is 0 Å². The van der Waals surface area contributed by atoms with Crippen LogP contribution < -0.4 is 16.6 Å². The standard InChI is InChI=1S/C28H29N3O2/c1-19(2)18-31-25(16-29)26(21-11-7-4-8-12-21)24-15-22(13-14-23(24)28(31)33)27(32)30-17-20-9-5-3-6-10-20/h3-15,19H,16-18,29H2,1-2H3,(H,30,32). The molecule has 1 heterocycles. The third-order valence-electron chi connectivity index (χ3n) is 5.74. The van der Waals surface area contributed by atoms with Crippen LogP contribution in [0.3, 0.4) is 0 Å². The molecule has 0 spiro atoms. The van der Waals surface area contributed by atoms with Crippen molar-refractivity contribution in [1.29, 1.82) is 0 Å². The maximum absolute atomic E-state index is 13.4. The van der Waals surface area contributed by atoms with E-state index < -0.39 is 0 Å². The molecule has 168 valence electrons. The van der Waals surface area contributed by atoms with Gasteiger partial charge >= 0.3 is 0 Å². The molecule has 3 aromatic carbocycles. The highest BCUT2D eigenvalue weighted by Crippen LogP contribution is 2.31. The smallest absolute Gasteiger partial charge is 0.258 e. The van der Waals surface area contributed by atoms with E-state index in [1.54, 1.807) is 16.7 Å². The molecule has 1 amide bonds. The number of carbonyl (C=O) groups is 1. The van der Waals surface area contributed by atoms with Gasteiger partial charge in [0.25, 0.3) is 11.5 Å². The van der Waals surface area contributed by atoms with E-state index in [1.807, 2.05) is 66.7 Å². The molecule has 4 rings (SSSR count). The highest BCUT2D eigenvalue weighted by Gasteiger charge is 2.19. The van der Waals surface area contributed by atoms with Crippen molar-refractivity contribution >= 4 is 16.7 Å². The van der Waals surface area contributed by atoms with Crippen molar-refractivity contribution in [3.8, 4) is 11.1 Å². The summed E-state index contributed by atoms with van der Waals surface area (Å²) in [6.45, 7) is 5.42. The average Bonchev–Trinajstić information content (AvgIpc) is 2.84. The number of carbonyl (C=O) groups excluding carboxylic acids is 1. The third-order valence-corrected chi connectivity index (χ3v) is 5.74. The molecule has 5 nitrogen and oxygen atoms in total. The summed E-state index contributed by atoms with van der Waals surface area (Å²) in [7, 11) is 0. The van der Waals surface area contributed by atoms with E-state index in [0.29, 0.717) is 24.0 Å². The number of pyridine rings is 1. The Balaban J connectivity index is 1.86. The van der Waals surface area contributed by atoms with Gasteiger partial charge in [-0.05, 0) is 40.6 Å². The number of hydrogen-bond donors (Lipinski definition) is 2. The number of aromatic nitrogens is 1. The summed E-state index contributed by atoms with van der Waals surface area (Å²) in [5.41, 5.74) is 10.3. The van der Waals surface area contributed by atoms with Crippen LogP contribution >= 0.6 is 0 Å². The Morgan fingerprint density at radius 1 is 0.939 bits per heavy atom. The van der Waals surface area contributed by atoms with Gasteiger partial charge in [0.05, 0.1) is 0 Å². The van der Waals surface area contributed by atoms with Crippen molar-refractivity contribution in [3.05, 3.63) is 106 Å². The fourth-order valence-corrected chi connectivity index (χ4v) is 4.21. The van der Waals surface area contributed by atoms with Crippen LogP contribution in [0, 0.1) is 5.92 Å². The van der Waals surface area contributed by atoms with Gasteiger partial charge in [-0.2, -0.15) is 0 Å². The van der Waals surface area contributed by atoms with E-state index in [1.165, 1.54) is 0 Å². The molecule has 0 fully saturated rings. The SMILES string of the molecule is CC(C)Cn1c(CN)c(-c2ccccc2)c2cc(C(=O)NCc3ccccc3)ccc2c1=O. The molecule has 0 aliphatic rings. The van der Waals surface area contributed by atoms with Gasteiger partial charge < -0.3 is 15.6 Å². The second-order valence-corrected chi connectivity index (χ2v) is 8.63. The number of rotatable bonds is 7. The molecule has 0 atom stereocenters. The maximum Gasteiger partial charge on any atom is 0.258 e. The van der Waals surface area contributed by atoms with Crippen LogP contribution in [0.1, 0.15) is 35.5 Å². The molecular weight excluding hydrogens is 410 g/mol. The number of fused-ring (bicyclic) bond motifs is 1. The molecule has 0 aliphatic heterocycles. The number of nitrogens with one attached hydrogen (secondary N) is 1. The van der Waals surface area contributed by atoms with Gasteiger partial charge in [-0.15, -0.1) is 0 Å². The Kier molecular flexibility index (Phi) is 6.71. The van der Waals surface area contributed by atoms with E-state index >= 15 is 0 Å². The number of hydrogen-bond acceptors (Lipinski definition) is 3. The van der Waals surface area contributed by atoms with Gasteiger partial charge in [0, 0.05) is 41.8 Å². The zero-order valence-electron chi connectivity index (χ0n) is 19.0. The lowest BCUT2D eigenvalue weighted by molar-refractivity contribution is 0.0951. The van der Waals surface area contributed by atoms with Crippen molar-refractivity contribution in [1.82, 2.24) is 9.88 Å². The lowest BCUT2D eigenvalue weighted by atomic mass is 9.94. The fraction of sp³-hybridized carbons (Fsp3) is 0.214. The Bertz CT molecular complexity index is 1330. The summed E-state index contributed by atoms with van der Waals surface area (Å²) in [4.78, 5) is 26.4. The van der Waals surface area contributed by atoms with Crippen LogP contribution in [-0.2, 0) is 19.6 Å². The van der Waals surface area contributed by atoms with Crippen LogP contribution in [0.4, 0.5) is 0 Å². The minimum atomic E-state index is -0.180. The van der Waals surface area contributed by atoms with E-state index in [2.05, 4.69) is 19.2 Å². The van der Waals surface area contributed by atoms with Gasteiger partial charge in [0.1, 0.15) is 0 Å². The van der Waals surface area contributed by atoms with E-state index in [0.717, 1.165) is 27.8 Å². The summed E-state index contributed by atoms with van der Waals surface area (Å²) in [5, 5.41) is 4.31. The molecule has 0 saturated carbocycles. The minimum absolute atomic E-state index is 0.0740. The molecule has 0 aliphatic carbocycles. The summed E-state index contributed by atoms with van der Waals surface area (Å²) in [6.07, 6.45) is 0. The summed E-state index contributed by atoms with van der Waals surface area (Å²) < 4.78 is 1.80. The van der Waals surface area contributed by atoms with E-state index in [-0.39, 0.29) is 23.9 Å². The zero-order valence-corrected chi connectivity index (χ0v) is 19.0. The zero-order chi connectivity index (χ0) is 23.4. The number of nitrogens with zero attached hydrogens (tertiary/aromatic N) is 1. The molecule has 0 unspecified atom stereocenters. The van der Waals surface area contributed by atoms with Crippen molar-refractivity contribution in [2.24, 2.45) is 11.7 Å². The van der Waals surface area contributed by atoms with Crippen LogP contribution in [0.15, 0.2) is 83.7 Å². The lowest BCUT2D eigenvalue weighted by Gasteiger charge is -2.21. The molecule has 3 N–H and O–H groups in total. The predicted octanol–water partition coefficient (Wildman–Crippen LogP) is 4.71. The monoisotopic (exact) mass is 439 g/mol. The van der Waals surface area contributed by atoms with Crippen molar-refractivity contribution in [2.45, 2.75) is 33.5 Å². The predicted molar refractivity (Wildman–Crippen MR) is 134 cm³/mol. The first-order valence-electron chi connectivity index (χ1n) is 11.3. The molecule has 0 bridgehead atoms. The highest BCUT2D eigenvalue weighted by molar-refractivity contribution is 6.03. The Morgan fingerprint density at radius 2 is 1.61 bits per heavy atom. The Morgan fingerprint density at radius 3 is 2.24 bits per heavy atom. The largest absolute Gasteiger partial charge is 0.348 e. The van der Waals surface area contributed by atoms with Crippen molar-refractivity contribution < 1.29 is 4.79 Å². The van der Waals surface area contributed by atoms with E-state index in [4.69, 9.17) is 5.73 Å². The number of benzene rings is 3. The van der Waals surface area contributed by atoms with Gasteiger partial charge in [0.15, 0.2) is 0 Å². The van der Waals surface area contributed by atoms with Crippen LogP contribution in [0.5, 0.6) is 0 Å². The molecule has 5 heteroatoms. The molecule has 4 aromatic rings. The van der Waals surface area contributed by atoms with Gasteiger partial charge in [0.2, 0.25) is 0 Å². The number of nitrogens with two attached hydrogens (primary N) is 1. The van der Waals surface area contributed by atoms with Crippen molar-refractivity contribution in [2.75, 3.05) is 0 Å². The molecule has 1 aromatic heterocycles. The second kappa shape index (κ2) is 9.84. The normalized spacial score (nSPS) is 11.2. The van der Waals surface area contributed by atoms with Crippen LogP contribution in [-0.4, -0.2) is 10.5 Å². The fourth-order valence-electron chi connectivity index (χ4n) is 4.21. The number of amides is 1. The molecule has 0 saturated heterocycles. The summed E-state index contributed by atoms with van der Waals surface area (Å²) >= 11 is 0. The quantitative estimate of drug-likeness (QED) is 0.438. The second-order valence-electron chi connectivity index (χ2n) is 8.63. The molecule has 33 heavy (non-hydrogen) atoms. The van der Waals surface area contributed by atoms with Crippen LogP contribution in [0.2, 0.25) is 0 Å². The highest BCUT2D eigenvalue weighted by atomic mass is 16.1. The first-order chi connectivity index (χ1) is 16.0. The molecular formula is C28H29N3O2. The third kappa shape index (κ3) is 4.73. The average molecular weight is 440 g/mol.